The second-order valence-electron chi connectivity index (χ2n) is 5.11. The summed E-state index contributed by atoms with van der Waals surface area (Å²) in [7, 11) is 0. The first kappa shape index (κ1) is 14.0. The van der Waals surface area contributed by atoms with Gasteiger partial charge >= 0.3 is 0 Å². The van der Waals surface area contributed by atoms with Gasteiger partial charge in [-0.3, -0.25) is 0 Å². The fourth-order valence-corrected chi connectivity index (χ4v) is 1.97. The number of rotatable bonds is 8. The van der Waals surface area contributed by atoms with Gasteiger partial charge in [0.1, 0.15) is 0 Å². The summed E-state index contributed by atoms with van der Waals surface area (Å²) in [5.41, 5.74) is 5.54. The van der Waals surface area contributed by atoms with Crippen molar-refractivity contribution in [2.24, 2.45) is 23.5 Å². The second-order valence-corrected chi connectivity index (χ2v) is 5.11. The predicted molar refractivity (Wildman–Crippen MR) is 65.3 cm³/mol. The lowest BCUT2D eigenvalue weighted by atomic mass is 9.89. The third kappa shape index (κ3) is 7.37. The summed E-state index contributed by atoms with van der Waals surface area (Å²) in [6, 6.07) is 0. The molecule has 0 aliphatic carbocycles. The molecule has 0 bridgehead atoms. The molecule has 0 saturated carbocycles. The van der Waals surface area contributed by atoms with Crippen molar-refractivity contribution in [2.75, 3.05) is 6.54 Å². The van der Waals surface area contributed by atoms with Crippen molar-refractivity contribution in [3.63, 3.8) is 0 Å². The molecule has 0 spiro atoms. The molecule has 0 aliphatic rings. The Morgan fingerprint density at radius 1 is 0.857 bits per heavy atom. The lowest BCUT2D eigenvalue weighted by molar-refractivity contribution is 0.350. The summed E-state index contributed by atoms with van der Waals surface area (Å²) in [4.78, 5) is 0. The van der Waals surface area contributed by atoms with Gasteiger partial charge < -0.3 is 5.73 Å². The van der Waals surface area contributed by atoms with Crippen LogP contribution in [0.3, 0.4) is 0 Å². The van der Waals surface area contributed by atoms with Crippen LogP contribution < -0.4 is 5.73 Å². The zero-order valence-electron chi connectivity index (χ0n) is 10.6. The fraction of sp³-hybridized carbons (Fsp3) is 1.00. The molecule has 0 aromatic heterocycles. The van der Waals surface area contributed by atoms with E-state index in [1.54, 1.807) is 0 Å². The first-order valence-electron chi connectivity index (χ1n) is 6.30. The van der Waals surface area contributed by atoms with E-state index in [0.29, 0.717) is 0 Å². The number of nitrogens with two attached hydrogens (primary N) is 1. The highest BCUT2D eigenvalue weighted by atomic mass is 14.5. The van der Waals surface area contributed by atoms with Gasteiger partial charge in [0.2, 0.25) is 0 Å². The van der Waals surface area contributed by atoms with E-state index in [0.717, 1.165) is 24.3 Å². The van der Waals surface area contributed by atoms with Gasteiger partial charge in [-0.2, -0.15) is 0 Å². The molecular formula is C13H29N. The van der Waals surface area contributed by atoms with Crippen molar-refractivity contribution in [1.29, 1.82) is 0 Å². The smallest absolute Gasteiger partial charge is 0.00747 e. The van der Waals surface area contributed by atoms with Crippen molar-refractivity contribution in [3.8, 4) is 0 Å². The Balaban J connectivity index is 3.47. The van der Waals surface area contributed by atoms with Crippen molar-refractivity contribution < 1.29 is 0 Å². The lowest BCUT2D eigenvalue weighted by Gasteiger charge is -2.17. The zero-order valence-corrected chi connectivity index (χ0v) is 10.6. The number of hydrogen-bond donors (Lipinski definition) is 1. The molecule has 3 unspecified atom stereocenters. The minimum Gasteiger partial charge on any atom is -0.330 e. The monoisotopic (exact) mass is 199 g/mol. The lowest BCUT2D eigenvalue weighted by Crippen LogP contribution is -2.08. The maximum absolute atomic E-state index is 5.54. The van der Waals surface area contributed by atoms with Crippen molar-refractivity contribution in [1.82, 2.24) is 0 Å². The van der Waals surface area contributed by atoms with Gasteiger partial charge in [-0.15, -0.1) is 0 Å². The maximum Gasteiger partial charge on any atom is -0.00747 e. The van der Waals surface area contributed by atoms with Crippen LogP contribution in [-0.4, -0.2) is 6.54 Å². The quantitative estimate of drug-likeness (QED) is 0.632. The minimum absolute atomic E-state index is 0.819. The van der Waals surface area contributed by atoms with E-state index in [1.165, 1.54) is 32.1 Å². The summed E-state index contributed by atoms with van der Waals surface area (Å²) in [5, 5.41) is 0. The fourth-order valence-electron chi connectivity index (χ4n) is 1.97. The van der Waals surface area contributed by atoms with Gasteiger partial charge in [0.25, 0.3) is 0 Å². The third-order valence-corrected chi connectivity index (χ3v) is 3.31. The predicted octanol–water partition coefficient (Wildman–Crippen LogP) is 3.82. The molecular weight excluding hydrogens is 170 g/mol. The molecule has 0 aliphatic heterocycles. The van der Waals surface area contributed by atoms with Gasteiger partial charge in [0, 0.05) is 0 Å². The van der Waals surface area contributed by atoms with E-state index < -0.39 is 0 Å². The SMILES string of the molecule is CCC(C)CC(C)CCC(C)CCN. The van der Waals surface area contributed by atoms with Crippen molar-refractivity contribution in [2.45, 2.75) is 59.8 Å². The average Bonchev–Trinajstić information content (AvgIpc) is 2.15. The van der Waals surface area contributed by atoms with Crippen LogP contribution in [0.1, 0.15) is 59.8 Å². The summed E-state index contributed by atoms with van der Waals surface area (Å²) in [6.07, 6.45) is 6.64. The van der Waals surface area contributed by atoms with E-state index in [-0.39, 0.29) is 0 Å². The summed E-state index contributed by atoms with van der Waals surface area (Å²) >= 11 is 0. The molecule has 0 fully saturated rings. The Hall–Kier alpha value is -0.0400. The Morgan fingerprint density at radius 3 is 1.93 bits per heavy atom. The van der Waals surface area contributed by atoms with Crippen molar-refractivity contribution in [3.05, 3.63) is 0 Å². The highest BCUT2D eigenvalue weighted by Gasteiger charge is 2.09. The Kier molecular flexibility index (Phi) is 8.26. The van der Waals surface area contributed by atoms with Gasteiger partial charge in [-0.05, 0) is 37.1 Å². The first-order valence-corrected chi connectivity index (χ1v) is 6.30. The summed E-state index contributed by atoms with van der Waals surface area (Å²) in [5.74, 6) is 2.61. The second kappa shape index (κ2) is 8.28. The van der Waals surface area contributed by atoms with Crippen LogP contribution in [0.25, 0.3) is 0 Å². The molecule has 3 atom stereocenters. The summed E-state index contributed by atoms with van der Waals surface area (Å²) in [6.45, 7) is 10.2. The molecule has 0 radical (unpaired) electrons. The Labute approximate surface area is 90.5 Å². The molecule has 86 valence electrons. The molecule has 14 heavy (non-hydrogen) atoms. The molecule has 0 amide bonds. The van der Waals surface area contributed by atoms with Crippen LogP contribution in [0.5, 0.6) is 0 Å². The van der Waals surface area contributed by atoms with Crippen LogP contribution in [0.15, 0.2) is 0 Å². The molecule has 0 saturated heterocycles. The average molecular weight is 199 g/mol. The van der Waals surface area contributed by atoms with Crippen LogP contribution in [0.4, 0.5) is 0 Å². The van der Waals surface area contributed by atoms with Crippen LogP contribution in [0, 0.1) is 17.8 Å². The Morgan fingerprint density at radius 2 is 1.43 bits per heavy atom. The first-order chi connectivity index (χ1) is 6.60. The van der Waals surface area contributed by atoms with Crippen LogP contribution in [-0.2, 0) is 0 Å². The Bertz CT molecular complexity index is 122. The molecule has 0 aromatic rings. The minimum atomic E-state index is 0.819. The van der Waals surface area contributed by atoms with Gasteiger partial charge in [-0.1, -0.05) is 47.0 Å². The van der Waals surface area contributed by atoms with Crippen LogP contribution in [0.2, 0.25) is 0 Å². The van der Waals surface area contributed by atoms with E-state index in [4.69, 9.17) is 5.73 Å². The summed E-state index contributed by atoms with van der Waals surface area (Å²) < 4.78 is 0. The molecule has 0 heterocycles. The van der Waals surface area contributed by atoms with E-state index in [2.05, 4.69) is 27.7 Å². The topological polar surface area (TPSA) is 26.0 Å². The third-order valence-electron chi connectivity index (χ3n) is 3.31. The van der Waals surface area contributed by atoms with Crippen molar-refractivity contribution >= 4 is 0 Å². The van der Waals surface area contributed by atoms with Crippen LogP contribution >= 0.6 is 0 Å². The molecule has 1 heteroatoms. The van der Waals surface area contributed by atoms with E-state index in [9.17, 15) is 0 Å². The van der Waals surface area contributed by atoms with Gasteiger partial charge in [0.05, 0.1) is 0 Å². The van der Waals surface area contributed by atoms with Gasteiger partial charge in [0.15, 0.2) is 0 Å². The normalized spacial score (nSPS) is 17.8. The maximum atomic E-state index is 5.54. The largest absolute Gasteiger partial charge is 0.330 e. The highest BCUT2D eigenvalue weighted by molar-refractivity contribution is 4.61. The zero-order chi connectivity index (χ0) is 11.0. The van der Waals surface area contributed by atoms with Gasteiger partial charge in [-0.25, -0.2) is 0 Å². The molecule has 0 aromatic carbocycles. The molecule has 2 N–H and O–H groups in total. The van der Waals surface area contributed by atoms with E-state index >= 15 is 0 Å². The standard InChI is InChI=1S/C13H29N/c1-5-11(2)10-13(4)7-6-12(3)8-9-14/h11-13H,5-10,14H2,1-4H3. The molecule has 0 rings (SSSR count). The van der Waals surface area contributed by atoms with E-state index in [1.807, 2.05) is 0 Å². The number of hydrogen-bond acceptors (Lipinski definition) is 1. The highest BCUT2D eigenvalue weighted by Crippen LogP contribution is 2.21. The molecule has 1 nitrogen and oxygen atoms in total.